The van der Waals surface area contributed by atoms with Gasteiger partial charge in [-0.3, -0.25) is 9.59 Å². The Morgan fingerprint density at radius 3 is 2.46 bits per heavy atom. The van der Waals surface area contributed by atoms with Crippen LogP contribution in [0.15, 0.2) is 71.9 Å². The molecule has 0 saturated carbocycles. The first kappa shape index (κ1) is 26.7. The lowest BCUT2D eigenvalue weighted by Gasteiger charge is -2.21. The first-order valence-corrected chi connectivity index (χ1v) is 13.6. The maximum atomic E-state index is 13.0. The number of thioether (sulfide) groups is 1. The zero-order valence-corrected chi connectivity index (χ0v) is 22.6. The molecule has 1 heterocycles. The van der Waals surface area contributed by atoms with Crippen LogP contribution in [-0.4, -0.2) is 32.3 Å². The van der Waals surface area contributed by atoms with E-state index in [1.54, 1.807) is 24.3 Å². The van der Waals surface area contributed by atoms with Gasteiger partial charge in [0.05, 0.1) is 22.4 Å². The van der Waals surface area contributed by atoms with Crippen molar-refractivity contribution in [3.05, 3.63) is 83.1 Å². The van der Waals surface area contributed by atoms with Crippen LogP contribution in [0.4, 0.5) is 5.69 Å². The Balaban J connectivity index is 1.46. The fourth-order valence-corrected chi connectivity index (χ4v) is 5.17. The minimum atomic E-state index is -0.350. The number of carbonyl (C=O) groups is 2. The molecule has 37 heavy (non-hydrogen) atoms. The predicted molar refractivity (Wildman–Crippen MR) is 150 cm³/mol. The molecule has 7 nitrogen and oxygen atoms in total. The lowest BCUT2D eigenvalue weighted by Crippen LogP contribution is -2.31. The smallest absolute Gasteiger partial charge is 0.253 e. The zero-order valence-electron chi connectivity index (χ0n) is 21.1. The molecular weight excluding hydrogens is 506 g/mol. The number of nitrogens with one attached hydrogen (secondary N) is 2. The van der Waals surface area contributed by atoms with Crippen LogP contribution >= 0.6 is 23.4 Å². The van der Waals surface area contributed by atoms with Crippen molar-refractivity contribution in [2.45, 2.75) is 44.9 Å². The number of nitrogens with zero attached hydrogens (tertiary/aromatic N) is 3. The van der Waals surface area contributed by atoms with Crippen molar-refractivity contribution in [2.24, 2.45) is 5.92 Å². The van der Waals surface area contributed by atoms with Crippen LogP contribution in [0.3, 0.4) is 0 Å². The molecule has 0 aliphatic heterocycles. The molecule has 192 valence electrons. The number of benzene rings is 3. The van der Waals surface area contributed by atoms with Gasteiger partial charge in [-0.15, -0.1) is 10.2 Å². The van der Waals surface area contributed by atoms with Gasteiger partial charge in [0, 0.05) is 12.2 Å². The van der Waals surface area contributed by atoms with E-state index < -0.39 is 0 Å². The summed E-state index contributed by atoms with van der Waals surface area (Å²) < 4.78 is 1.95. The fraction of sp³-hybridized carbons (Fsp3) is 0.286. The fourth-order valence-electron chi connectivity index (χ4n) is 4.14. The number of carbonyl (C=O) groups excluding carboxylic acids is 2. The summed E-state index contributed by atoms with van der Waals surface area (Å²) in [6, 6.07) is 20.5. The van der Waals surface area contributed by atoms with Gasteiger partial charge in [-0.2, -0.15) is 0 Å². The number of fused-ring (bicyclic) bond motifs is 1. The molecule has 0 fully saturated rings. The molecule has 1 atom stereocenters. The summed E-state index contributed by atoms with van der Waals surface area (Å²) in [6.45, 7) is 6.78. The monoisotopic (exact) mass is 535 g/mol. The third kappa shape index (κ3) is 6.70. The highest BCUT2D eigenvalue weighted by Gasteiger charge is 2.25. The molecule has 0 radical (unpaired) electrons. The summed E-state index contributed by atoms with van der Waals surface area (Å²) in [4.78, 5) is 25.7. The van der Waals surface area contributed by atoms with Crippen LogP contribution < -0.4 is 10.6 Å². The van der Waals surface area contributed by atoms with Crippen LogP contribution in [0, 0.1) is 5.92 Å². The number of aromatic nitrogens is 3. The van der Waals surface area contributed by atoms with E-state index in [4.69, 9.17) is 11.6 Å². The van der Waals surface area contributed by atoms with Crippen molar-refractivity contribution in [3.8, 4) is 0 Å². The molecule has 4 rings (SSSR count). The second-order valence-electron chi connectivity index (χ2n) is 9.12. The van der Waals surface area contributed by atoms with Crippen LogP contribution in [0.5, 0.6) is 0 Å². The average Bonchev–Trinajstić information content (AvgIpc) is 3.30. The number of anilines is 1. The zero-order chi connectivity index (χ0) is 26.4. The first-order chi connectivity index (χ1) is 17.9. The molecule has 2 amide bonds. The Labute approximate surface area is 226 Å². The summed E-state index contributed by atoms with van der Waals surface area (Å²) in [5.74, 6) is 0.770. The Morgan fingerprint density at radius 1 is 1.00 bits per heavy atom. The quantitative estimate of drug-likeness (QED) is 0.231. The molecule has 0 spiro atoms. The molecule has 9 heteroatoms. The van der Waals surface area contributed by atoms with Gasteiger partial charge >= 0.3 is 0 Å². The largest absolute Gasteiger partial charge is 0.342 e. The molecule has 0 aliphatic rings. The van der Waals surface area contributed by atoms with Gasteiger partial charge in [-0.05, 0) is 54.3 Å². The van der Waals surface area contributed by atoms with E-state index in [9.17, 15) is 9.59 Å². The van der Waals surface area contributed by atoms with Crippen LogP contribution in [0.25, 0.3) is 10.8 Å². The highest BCUT2D eigenvalue weighted by atomic mass is 35.5. The minimum Gasteiger partial charge on any atom is -0.342 e. The minimum absolute atomic E-state index is 0.127. The topological polar surface area (TPSA) is 88.9 Å². The van der Waals surface area contributed by atoms with E-state index in [1.165, 1.54) is 11.8 Å². The second-order valence-corrected chi connectivity index (χ2v) is 10.5. The lowest BCUT2D eigenvalue weighted by molar-refractivity contribution is -0.113. The molecule has 0 unspecified atom stereocenters. The third-order valence-electron chi connectivity index (χ3n) is 5.87. The second kappa shape index (κ2) is 12.3. The van der Waals surface area contributed by atoms with Crippen molar-refractivity contribution in [2.75, 3.05) is 11.1 Å². The standard InChI is InChI=1S/C28H30ClN5O2S/c1-4-34-26(24(15-18(2)3)31-27(36)22-11-7-8-12-23(22)29)32-33-28(34)37-17-25(35)30-21-14-13-19-9-5-6-10-20(19)16-21/h5-14,16,18,24H,4,15,17H2,1-3H3,(H,30,35)(H,31,36)/t24-/m0/s1. The van der Waals surface area contributed by atoms with E-state index in [1.807, 2.05) is 54.0 Å². The maximum absolute atomic E-state index is 13.0. The Kier molecular flexibility index (Phi) is 8.84. The lowest BCUT2D eigenvalue weighted by atomic mass is 10.0. The number of halogens is 1. The molecule has 0 saturated heterocycles. The molecule has 0 bridgehead atoms. The Bertz CT molecular complexity index is 1400. The van der Waals surface area contributed by atoms with Crippen molar-refractivity contribution >= 4 is 51.6 Å². The molecular formula is C28H30ClN5O2S. The molecule has 0 aliphatic carbocycles. The van der Waals surface area contributed by atoms with Gasteiger partial charge in [-0.1, -0.05) is 79.7 Å². The summed E-state index contributed by atoms with van der Waals surface area (Å²) >= 11 is 7.56. The summed E-state index contributed by atoms with van der Waals surface area (Å²) in [5.41, 5.74) is 1.17. The number of hydrogen-bond acceptors (Lipinski definition) is 5. The molecule has 4 aromatic rings. The predicted octanol–water partition coefficient (Wildman–Crippen LogP) is 6.35. The van der Waals surface area contributed by atoms with Crippen LogP contribution in [0.1, 0.15) is 49.4 Å². The van der Waals surface area contributed by atoms with Gasteiger partial charge in [0.2, 0.25) is 5.91 Å². The van der Waals surface area contributed by atoms with Gasteiger partial charge in [0.1, 0.15) is 0 Å². The van der Waals surface area contributed by atoms with E-state index in [0.29, 0.717) is 40.5 Å². The first-order valence-electron chi connectivity index (χ1n) is 12.3. The molecule has 1 aromatic heterocycles. The normalized spacial score (nSPS) is 12.0. The summed E-state index contributed by atoms with van der Waals surface area (Å²) in [5, 5.41) is 18.0. The van der Waals surface area contributed by atoms with Crippen molar-refractivity contribution in [3.63, 3.8) is 0 Å². The summed E-state index contributed by atoms with van der Waals surface area (Å²) in [6.07, 6.45) is 0.682. The van der Waals surface area contributed by atoms with Crippen molar-refractivity contribution < 1.29 is 9.59 Å². The number of hydrogen-bond donors (Lipinski definition) is 2. The third-order valence-corrected chi connectivity index (χ3v) is 7.17. The van der Waals surface area contributed by atoms with Gasteiger partial charge in [0.15, 0.2) is 11.0 Å². The number of rotatable bonds is 10. The van der Waals surface area contributed by atoms with Crippen LogP contribution in [0.2, 0.25) is 5.02 Å². The highest BCUT2D eigenvalue weighted by Crippen LogP contribution is 2.26. The Hall–Kier alpha value is -3.36. The van der Waals surface area contributed by atoms with Gasteiger partial charge in [0.25, 0.3) is 5.91 Å². The van der Waals surface area contributed by atoms with E-state index >= 15 is 0 Å². The van der Waals surface area contributed by atoms with E-state index in [2.05, 4.69) is 34.7 Å². The van der Waals surface area contributed by atoms with E-state index in [-0.39, 0.29) is 23.6 Å². The summed E-state index contributed by atoms with van der Waals surface area (Å²) in [7, 11) is 0. The molecule has 3 aromatic carbocycles. The van der Waals surface area contributed by atoms with Gasteiger partial charge in [-0.25, -0.2) is 0 Å². The van der Waals surface area contributed by atoms with Crippen molar-refractivity contribution in [1.82, 2.24) is 20.1 Å². The average molecular weight is 536 g/mol. The Morgan fingerprint density at radius 2 is 1.73 bits per heavy atom. The number of amides is 2. The molecule has 2 N–H and O–H groups in total. The van der Waals surface area contributed by atoms with Gasteiger partial charge < -0.3 is 15.2 Å². The van der Waals surface area contributed by atoms with Crippen molar-refractivity contribution in [1.29, 1.82) is 0 Å². The van der Waals surface area contributed by atoms with Crippen LogP contribution in [-0.2, 0) is 11.3 Å². The highest BCUT2D eigenvalue weighted by molar-refractivity contribution is 7.99. The SMILES string of the molecule is CCn1c(SCC(=O)Nc2ccc3ccccc3c2)nnc1[C@H](CC(C)C)NC(=O)c1ccccc1Cl. The van der Waals surface area contributed by atoms with E-state index in [0.717, 1.165) is 16.5 Å². The maximum Gasteiger partial charge on any atom is 0.253 e.